The summed E-state index contributed by atoms with van der Waals surface area (Å²) in [5.41, 5.74) is 6.84. The summed E-state index contributed by atoms with van der Waals surface area (Å²) in [6.07, 6.45) is 0.593. The van der Waals surface area contributed by atoms with E-state index in [-0.39, 0.29) is 5.92 Å². The van der Waals surface area contributed by atoms with Crippen molar-refractivity contribution in [2.45, 2.75) is 36.5 Å². The van der Waals surface area contributed by atoms with Crippen LogP contribution in [0, 0.1) is 0 Å². The van der Waals surface area contributed by atoms with Gasteiger partial charge in [0.25, 0.3) is 0 Å². The second-order valence-corrected chi connectivity index (χ2v) is 8.44. The molecule has 1 aliphatic heterocycles. The summed E-state index contributed by atoms with van der Waals surface area (Å²) in [7, 11) is 0. The van der Waals surface area contributed by atoms with Gasteiger partial charge in [-0.15, -0.1) is 0 Å². The summed E-state index contributed by atoms with van der Waals surface area (Å²) in [5.74, 6) is 1.17. The Hall–Kier alpha value is -2.53. The fourth-order valence-corrected chi connectivity index (χ4v) is 5.37. The zero-order valence-electron chi connectivity index (χ0n) is 16.7. The number of benzene rings is 3. The van der Waals surface area contributed by atoms with E-state index in [0.29, 0.717) is 35.1 Å². The molecule has 154 valence electrons. The normalized spacial score (nSPS) is 29.2. The minimum Gasteiger partial charge on any atom is -0.494 e. The number of halogens is 1. The number of hydrogen-bond donors (Lipinski definition) is 2. The molecule has 4 nitrogen and oxygen atoms in total. The predicted molar refractivity (Wildman–Crippen MR) is 117 cm³/mol. The minimum absolute atomic E-state index is 0.136. The van der Waals surface area contributed by atoms with Crippen LogP contribution in [0.25, 0.3) is 0 Å². The molecule has 1 aliphatic carbocycles. The molecule has 4 atom stereocenters. The molecule has 2 aliphatic rings. The van der Waals surface area contributed by atoms with Gasteiger partial charge in [-0.1, -0.05) is 54.1 Å². The van der Waals surface area contributed by atoms with E-state index in [0.717, 1.165) is 11.1 Å². The first-order chi connectivity index (χ1) is 14.5. The molecule has 5 rings (SSSR count). The Bertz CT molecular complexity index is 1070. The zero-order chi connectivity index (χ0) is 20.9. The summed E-state index contributed by atoms with van der Waals surface area (Å²) in [4.78, 5) is 0. The summed E-state index contributed by atoms with van der Waals surface area (Å²) in [6.45, 7) is 2.49. The van der Waals surface area contributed by atoms with Crippen molar-refractivity contribution in [1.82, 2.24) is 0 Å². The molecule has 0 saturated heterocycles. The van der Waals surface area contributed by atoms with Crippen molar-refractivity contribution in [2.75, 3.05) is 6.61 Å². The molecular formula is C25H24ClNO3. The lowest BCUT2D eigenvalue weighted by molar-refractivity contribution is -0.112. The third-order valence-electron chi connectivity index (χ3n) is 6.50. The van der Waals surface area contributed by atoms with Crippen molar-refractivity contribution in [3.05, 3.63) is 94.5 Å². The quantitative estimate of drug-likeness (QED) is 0.639. The molecule has 4 unspecified atom stereocenters. The molecule has 1 heterocycles. The van der Waals surface area contributed by atoms with Gasteiger partial charge in [-0.3, -0.25) is 0 Å². The highest BCUT2D eigenvalue weighted by molar-refractivity contribution is 6.30. The van der Waals surface area contributed by atoms with Crippen LogP contribution < -0.4 is 15.2 Å². The van der Waals surface area contributed by atoms with Crippen LogP contribution in [0.3, 0.4) is 0 Å². The smallest absolute Gasteiger partial charge is 0.175 e. The third-order valence-corrected chi connectivity index (χ3v) is 6.76. The number of nitrogens with two attached hydrogens (primary N) is 1. The van der Waals surface area contributed by atoms with E-state index in [1.807, 2.05) is 67.6 Å². The molecule has 1 fully saturated rings. The van der Waals surface area contributed by atoms with E-state index in [1.165, 1.54) is 0 Å². The van der Waals surface area contributed by atoms with Crippen LogP contribution in [0.15, 0.2) is 72.8 Å². The Labute approximate surface area is 181 Å². The van der Waals surface area contributed by atoms with Crippen LogP contribution in [0.1, 0.15) is 36.0 Å². The van der Waals surface area contributed by atoms with E-state index in [4.69, 9.17) is 26.8 Å². The number of hydrogen-bond acceptors (Lipinski definition) is 4. The van der Waals surface area contributed by atoms with Crippen LogP contribution >= 0.6 is 11.6 Å². The molecule has 5 heteroatoms. The lowest BCUT2D eigenvalue weighted by Gasteiger charge is -2.41. The zero-order valence-corrected chi connectivity index (χ0v) is 17.5. The van der Waals surface area contributed by atoms with Gasteiger partial charge in [-0.2, -0.15) is 0 Å². The maximum absolute atomic E-state index is 12.3. The molecule has 3 aromatic rings. The van der Waals surface area contributed by atoms with Crippen molar-refractivity contribution >= 4 is 11.6 Å². The summed E-state index contributed by atoms with van der Waals surface area (Å²) in [5, 5.41) is 12.9. The molecule has 0 spiro atoms. The van der Waals surface area contributed by atoms with Crippen LogP contribution in [0.2, 0.25) is 5.02 Å². The summed E-state index contributed by atoms with van der Waals surface area (Å²) < 4.78 is 12.4. The van der Waals surface area contributed by atoms with Crippen LogP contribution in [0.4, 0.5) is 0 Å². The van der Waals surface area contributed by atoms with Gasteiger partial charge < -0.3 is 20.3 Å². The maximum Gasteiger partial charge on any atom is 0.175 e. The molecule has 1 saturated carbocycles. The first-order valence-corrected chi connectivity index (χ1v) is 10.6. The Kier molecular flexibility index (Phi) is 4.55. The van der Waals surface area contributed by atoms with E-state index >= 15 is 0 Å². The first kappa shape index (κ1) is 19.4. The van der Waals surface area contributed by atoms with Crippen LogP contribution in [0.5, 0.6) is 11.5 Å². The van der Waals surface area contributed by atoms with Gasteiger partial charge in [0.2, 0.25) is 0 Å². The Morgan fingerprint density at radius 2 is 1.83 bits per heavy atom. The van der Waals surface area contributed by atoms with Crippen LogP contribution in [-0.4, -0.2) is 17.8 Å². The molecule has 0 amide bonds. The van der Waals surface area contributed by atoms with Gasteiger partial charge in [-0.25, -0.2) is 0 Å². The first-order valence-electron chi connectivity index (χ1n) is 10.3. The fraction of sp³-hybridized carbons (Fsp3) is 0.280. The summed E-state index contributed by atoms with van der Waals surface area (Å²) in [6, 6.07) is 22.7. The molecule has 3 N–H and O–H groups in total. The van der Waals surface area contributed by atoms with Crippen molar-refractivity contribution in [2.24, 2.45) is 5.73 Å². The second kappa shape index (κ2) is 7.02. The van der Waals surface area contributed by atoms with Gasteiger partial charge >= 0.3 is 0 Å². The number of rotatable bonds is 4. The monoisotopic (exact) mass is 421 g/mol. The largest absolute Gasteiger partial charge is 0.494 e. The molecule has 0 radical (unpaired) electrons. The Balaban J connectivity index is 1.75. The topological polar surface area (TPSA) is 64.7 Å². The van der Waals surface area contributed by atoms with Crippen molar-refractivity contribution in [3.63, 3.8) is 0 Å². The highest BCUT2D eigenvalue weighted by Gasteiger charge is 2.71. The van der Waals surface area contributed by atoms with Gasteiger partial charge in [0.15, 0.2) is 11.2 Å². The number of aliphatic hydroxyl groups is 1. The number of fused-ring (bicyclic) bond motifs is 3. The van der Waals surface area contributed by atoms with E-state index in [2.05, 4.69) is 12.1 Å². The standard InChI is InChI=1S/C25H24ClNO3/c1-2-29-19-12-13-20-22(14-19)30-25(17-8-10-18(26)11-9-17)21(15-23(27)24(20,25)28)16-6-4-3-5-7-16/h3-14,21,23,28H,2,15,27H2,1H3. The van der Waals surface area contributed by atoms with Gasteiger partial charge in [-0.05, 0) is 48.7 Å². The molecular weight excluding hydrogens is 398 g/mol. The minimum atomic E-state index is -1.39. The fourth-order valence-electron chi connectivity index (χ4n) is 5.25. The van der Waals surface area contributed by atoms with Crippen LogP contribution in [-0.2, 0) is 11.2 Å². The third kappa shape index (κ3) is 2.54. The van der Waals surface area contributed by atoms with Gasteiger partial charge in [0, 0.05) is 28.6 Å². The second-order valence-electron chi connectivity index (χ2n) is 8.01. The Morgan fingerprint density at radius 1 is 1.10 bits per heavy atom. The van der Waals surface area contributed by atoms with E-state index < -0.39 is 17.2 Å². The maximum atomic E-state index is 12.3. The molecule has 0 aromatic heterocycles. The highest BCUT2D eigenvalue weighted by Crippen LogP contribution is 2.66. The van der Waals surface area contributed by atoms with E-state index in [1.54, 1.807) is 0 Å². The lowest BCUT2D eigenvalue weighted by atomic mass is 9.71. The average Bonchev–Trinajstić information content (AvgIpc) is 3.15. The average molecular weight is 422 g/mol. The molecule has 30 heavy (non-hydrogen) atoms. The predicted octanol–water partition coefficient (Wildman–Crippen LogP) is 4.73. The van der Waals surface area contributed by atoms with Crippen molar-refractivity contribution in [1.29, 1.82) is 0 Å². The highest BCUT2D eigenvalue weighted by atomic mass is 35.5. The molecule has 0 bridgehead atoms. The SMILES string of the molecule is CCOc1ccc2c(c1)OC1(c3ccc(Cl)cc3)C(c3ccccc3)CC(N)C21O. The lowest BCUT2D eigenvalue weighted by Crippen LogP contribution is -2.54. The summed E-state index contributed by atoms with van der Waals surface area (Å²) >= 11 is 6.18. The van der Waals surface area contributed by atoms with Crippen molar-refractivity contribution < 1.29 is 14.6 Å². The number of ether oxygens (including phenoxy) is 2. The Morgan fingerprint density at radius 3 is 2.53 bits per heavy atom. The van der Waals surface area contributed by atoms with E-state index in [9.17, 15) is 5.11 Å². The van der Waals surface area contributed by atoms with Gasteiger partial charge in [0.05, 0.1) is 6.61 Å². The van der Waals surface area contributed by atoms with Crippen molar-refractivity contribution in [3.8, 4) is 11.5 Å². The molecule has 3 aromatic carbocycles. The van der Waals surface area contributed by atoms with Gasteiger partial charge in [0.1, 0.15) is 11.5 Å².